The Kier molecular flexibility index (Phi) is 7.69. The van der Waals surface area contributed by atoms with Crippen molar-refractivity contribution in [2.24, 2.45) is 10.8 Å². The second-order valence-electron chi connectivity index (χ2n) is 11.9. The zero-order chi connectivity index (χ0) is 25.2. The van der Waals surface area contributed by atoms with Crippen LogP contribution in [0.2, 0.25) is 18.1 Å². The molecule has 0 fully saturated rings. The van der Waals surface area contributed by atoms with Crippen molar-refractivity contribution in [3.8, 4) is 5.75 Å². The maximum Gasteiger partial charge on any atom is 0.338 e. The lowest BCUT2D eigenvalue weighted by Crippen LogP contribution is -2.43. The number of benzene rings is 2. The van der Waals surface area contributed by atoms with Gasteiger partial charge in [0.2, 0.25) is 8.32 Å². The molecule has 0 spiro atoms. The summed E-state index contributed by atoms with van der Waals surface area (Å²) >= 11 is 0. The Morgan fingerprint density at radius 3 is 1.91 bits per heavy atom. The number of ketones is 1. The summed E-state index contributed by atoms with van der Waals surface area (Å²) in [4.78, 5) is 26.6. The van der Waals surface area contributed by atoms with E-state index >= 15 is 0 Å². The summed E-state index contributed by atoms with van der Waals surface area (Å²) in [6, 6.07) is 16.6. The van der Waals surface area contributed by atoms with Crippen molar-refractivity contribution >= 4 is 20.1 Å². The predicted octanol–water partition coefficient (Wildman–Crippen LogP) is 7.61. The van der Waals surface area contributed by atoms with E-state index in [1.165, 1.54) is 0 Å². The van der Waals surface area contributed by atoms with Crippen LogP contribution in [0.4, 0.5) is 0 Å². The summed E-state index contributed by atoms with van der Waals surface area (Å²) in [6.07, 6.45) is -0.720. The van der Waals surface area contributed by atoms with E-state index in [1.54, 1.807) is 12.1 Å². The third-order valence-electron chi connectivity index (χ3n) is 6.50. The Bertz CT molecular complexity index is 979. The van der Waals surface area contributed by atoms with E-state index in [2.05, 4.69) is 33.9 Å². The van der Waals surface area contributed by atoms with Crippen LogP contribution >= 0.6 is 0 Å². The Morgan fingerprint density at radius 2 is 1.39 bits per heavy atom. The average molecular weight is 469 g/mol. The van der Waals surface area contributed by atoms with Crippen LogP contribution in [0.3, 0.4) is 0 Å². The normalized spacial score (nSPS) is 13.9. The topological polar surface area (TPSA) is 52.6 Å². The fourth-order valence-electron chi connectivity index (χ4n) is 3.65. The molecule has 4 nitrogen and oxygen atoms in total. The van der Waals surface area contributed by atoms with Gasteiger partial charge in [-0.25, -0.2) is 4.79 Å². The molecule has 33 heavy (non-hydrogen) atoms. The fraction of sp³-hybridized carbons (Fsp3) is 0.500. The van der Waals surface area contributed by atoms with E-state index in [9.17, 15) is 9.59 Å². The van der Waals surface area contributed by atoms with Crippen LogP contribution in [0.15, 0.2) is 54.6 Å². The maximum absolute atomic E-state index is 13.3. The molecule has 5 heteroatoms. The first kappa shape index (κ1) is 26.8. The lowest BCUT2D eigenvalue weighted by Gasteiger charge is -2.37. The molecular formula is C28H40O4Si. The molecule has 180 valence electrons. The minimum absolute atomic E-state index is 0.0339. The number of hydrogen-bond acceptors (Lipinski definition) is 4. The molecule has 1 atom stereocenters. The molecule has 0 radical (unpaired) electrons. The Balaban J connectivity index is 2.39. The molecule has 1 unspecified atom stereocenters. The van der Waals surface area contributed by atoms with Gasteiger partial charge in [0, 0.05) is 5.41 Å². The number of Topliss-reactive ketones (excluding diaryl/α,β-unsaturated/α-hetero) is 1. The molecule has 0 saturated carbocycles. The van der Waals surface area contributed by atoms with Gasteiger partial charge in [-0.05, 0) is 55.7 Å². The first-order valence-corrected chi connectivity index (χ1v) is 14.5. The SMILES string of the molecule is CC(C)(C)C(=O)C(C)(C)C(OC(=O)c1cccc(O[Si](C)(C)C(C)(C)C)c1)c1ccccc1. The zero-order valence-electron chi connectivity index (χ0n) is 21.9. The summed E-state index contributed by atoms with van der Waals surface area (Å²) in [5.74, 6) is 0.225. The van der Waals surface area contributed by atoms with Gasteiger partial charge in [-0.1, -0.05) is 77.9 Å². The van der Waals surface area contributed by atoms with Crippen molar-refractivity contribution in [2.75, 3.05) is 0 Å². The number of esters is 1. The number of ether oxygens (including phenoxy) is 1. The van der Waals surface area contributed by atoms with Crippen LogP contribution in [0, 0.1) is 10.8 Å². The van der Waals surface area contributed by atoms with Crippen molar-refractivity contribution in [1.82, 2.24) is 0 Å². The molecule has 0 aliphatic rings. The lowest BCUT2D eigenvalue weighted by atomic mass is 9.70. The maximum atomic E-state index is 13.3. The molecule has 0 aliphatic heterocycles. The highest BCUT2D eigenvalue weighted by atomic mass is 28.4. The summed E-state index contributed by atoms with van der Waals surface area (Å²) in [7, 11) is -2.05. The van der Waals surface area contributed by atoms with E-state index in [-0.39, 0.29) is 10.8 Å². The quantitative estimate of drug-likeness (QED) is 0.310. The third-order valence-corrected chi connectivity index (χ3v) is 10.9. The molecular weight excluding hydrogens is 428 g/mol. The van der Waals surface area contributed by atoms with Crippen LogP contribution in [-0.2, 0) is 9.53 Å². The smallest absolute Gasteiger partial charge is 0.338 e. The second kappa shape index (κ2) is 9.45. The molecule has 2 aromatic rings. The zero-order valence-corrected chi connectivity index (χ0v) is 22.9. The van der Waals surface area contributed by atoms with Crippen LogP contribution in [0.25, 0.3) is 0 Å². The molecule has 0 aromatic heterocycles. The Hall–Kier alpha value is -2.40. The Labute approximate surface area is 200 Å². The van der Waals surface area contributed by atoms with Crippen LogP contribution < -0.4 is 4.43 Å². The Morgan fingerprint density at radius 1 is 0.818 bits per heavy atom. The lowest BCUT2D eigenvalue weighted by molar-refractivity contribution is -0.141. The monoisotopic (exact) mass is 468 g/mol. The first-order valence-electron chi connectivity index (χ1n) is 11.6. The van der Waals surface area contributed by atoms with Crippen molar-refractivity contribution in [3.63, 3.8) is 0 Å². The molecule has 0 saturated heterocycles. The van der Waals surface area contributed by atoms with Crippen LogP contribution in [0.5, 0.6) is 5.75 Å². The number of hydrogen-bond donors (Lipinski definition) is 0. The first-order chi connectivity index (χ1) is 15.0. The molecule has 0 heterocycles. The molecule has 0 N–H and O–H groups in total. The highest BCUT2D eigenvalue weighted by molar-refractivity contribution is 6.74. The van der Waals surface area contributed by atoms with Gasteiger partial charge < -0.3 is 9.16 Å². The summed E-state index contributed by atoms with van der Waals surface area (Å²) < 4.78 is 12.4. The molecule has 0 amide bonds. The highest BCUT2D eigenvalue weighted by Crippen LogP contribution is 2.43. The van der Waals surface area contributed by atoms with Gasteiger partial charge in [0.15, 0.2) is 0 Å². The van der Waals surface area contributed by atoms with E-state index in [0.717, 1.165) is 5.56 Å². The fourth-order valence-corrected chi connectivity index (χ4v) is 4.68. The predicted molar refractivity (Wildman–Crippen MR) is 137 cm³/mol. The molecule has 0 aliphatic carbocycles. The van der Waals surface area contributed by atoms with Gasteiger partial charge in [-0.15, -0.1) is 0 Å². The molecule has 0 bridgehead atoms. The second-order valence-corrected chi connectivity index (χ2v) is 16.6. The summed E-state index contributed by atoms with van der Waals surface area (Å²) in [5.41, 5.74) is -0.280. The largest absolute Gasteiger partial charge is 0.543 e. The minimum Gasteiger partial charge on any atom is -0.543 e. The van der Waals surface area contributed by atoms with Gasteiger partial charge in [-0.2, -0.15) is 0 Å². The summed E-state index contributed by atoms with van der Waals surface area (Å²) in [6.45, 7) is 20.2. The third kappa shape index (κ3) is 6.35. The van der Waals surface area contributed by atoms with Gasteiger partial charge in [0.1, 0.15) is 17.6 Å². The standard InChI is InChI=1S/C28H40O4Si/c1-26(2,3)25(30)28(7,8)23(20-15-12-11-13-16-20)31-24(29)21-17-14-18-22(19-21)32-33(9,10)27(4,5)6/h11-19,23H,1-10H3. The van der Waals surface area contributed by atoms with Crippen molar-refractivity contribution < 1.29 is 18.8 Å². The van der Waals surface area contributed by atoms with Crippen molar-refractivity contribution in [1.29, 1.82) is 0 Å². The molecule has 2 rings (SSSR count). The summed E-state index contributed by atoms with van der Waals surface area (Å²) in [5, 5.41) is 0.0409. The van der Waals surface area contributed by atoms with E-state index in [4.69, 9.17) is 9.16 Å². The van der Waals surface area contributed by atoms with Crippen LogP contribution in [0.1, 0.15) is 77.4 Å². The van der Waals surface area contributed by atoms with E-state index in [0.29, 0.717) is 11.3 Å². The van der Waals surface area contributed by atoms with Crippen molar-refractivity contribution in [2.45, 2.75) is 79.6 Å². The number of carbonyl (C=O) groups is 2. The number of carbonyl (C=O) groups excluding carboxylic acids is 2. The average Bonchev–Trinajstić information content (AvgIpc) is 2.70. The number of rotatable bonds is 7. The minimum atomic E-state index is -2.05. The van der Waals surface area contributed by atoms with Gasteiger partial charge in [-0.3, -0.25) is 4.79 Å². The van der Waals surface area contributed by atoms with Crippen molar-refractivity contribution in [3.05, 3.63) is 65.7 Å². The van der Waals surface area contributed by atoms with E-state index in [1.807, 2.05) is 77.1 Å². The van der Waals surface area contributed by atoms with Crippen LogP contribution in [-0.4, -0.2) is 20.1 Å². The van der Waals surface area contributed by atoms with Gasteiger partial charge >= 0.3 is 5.97 Å². The van der Waals surface area contributed by atoms with E-state index < -0.39 is 31.2 Å². The van der Waals surface area contributed by atoms with Gasteiger partial charge in [0.05, 0.1) is 11.0 Å². The van der Waals surface area contributed by atoms with Gasteiger partial charge in [0.25, 0.3) is 0 Å². The molecule has 2 aromatic carbocycles. The highest BCUT2D eigenvalue weighted by Gasteiger charge is 2.45.